The average Bonchev–Trinajstić information content (AvgIpc) is 2.77. The molecule has 1 N–H and O–H groups in total. The fraction of sp³-hybridized carbons (Fsp3) is 0.120. The van der Waals surface area contributed by atoms with Gasteiger partial charge in [-0.25, -0.2) is 4.39 Å². The molecular formula is C25H19Br2FN2O2. The van der Waals surface area contributed by atoms with Crippen LogP contribution in [0.4, 0.5) is 10.1 Å². The number of anilines is 1. The van der Waals surface area contributed by atoms with E-state index < -0.39 is 11.7 Å². The molecule has 4 nitrogen and oxygen atoms in total. The number of benzene rings is 3. The normalized spacial score (nSPS) is 11.0. The second-order valence-electron chi connectivity index (χ2n) is 6.78. The molecule has 7 heteroatoms. The molecule has 0 saturated carbocycles. The Hall–Kier alpha value is -2.95. The van der Waals surface area contributed by atoms with Gasteiger partial charge in [0.25, 0.3) is 5.91 Å². The van der Waals surface area contributed by atoms with E-state index in [1.54, 1.807) is 12.1 Å². The van der Waals surface area contributed by atoms with Crippen LogP contribution in [-0.2, 0) is 11.2 Å². The highest BCUT2D eigenvalue weighted by atomic mass is 79.9. The molecule has 0 aromatic heterocycles. The van der Waals surface area contributed by atoms with Gasteiger partial charge in [0.2, 0.25) is 0 Å². The van der Waals surface area contributed by atoms with Crippen LogP contribution in [0, 0.1) is 17.1 Å². The molecule has 3 aromatic carbocycles. The molecule has 3 rings (SSSR count). The fourth-order valence-corrected chi connectivity index (χ4v) is 4.10. The lowest BCUT2D eigenvalue weighted by atomic mass is 10.0. The van der Waals surface area contributed by atoms with Crippen molar-refractivity contribution in [3.63, 3.8) is 0 Å². The highest BCUT2D eigenvalue weighted by molar-refractivity contribution is 9.10. The highest BCUT2D eigenvalue weighted by Gasteiger charge is 2.15. The highest BCUT2D eigenvalue weighted by Crippen LogP contribution is 2.33. The first-order chi connectivity index (χ1) is 15.4. The molecule has 0 aliphatic carbocycles. The Morgan fingerprint density at radius 1 is 1.12 bits per heavy atom. The zero-order valence-corrected chi connectivity index (χ0v) is 20.3. The van der Waals surface area contributed by atoms with Crippen LogP contribution in [0.15, 0.2) is 75.2 Å². The van der Waals surface area contributed by atoms with Crippen LogP contribution in [0.1, 0.15) is 23.6 Å². The lowest BCUT2D eigenvalue weighted by molar-refractivity contribution is -0.112. The van der Waals surface area contributed by atoms with E-state index in [1.165, 1.54) is 24.3 Å². The molecule has 0 aliphatic heterocycles. The topological polar surface area (TPSA) is 62.1 Å². The Kier molecular flexibility index (Phi) is 8.20. The van der Waals surface area contributed by atoms with Crippen LogP contribution in [0.25, 0.3) is 6.08 Å². The Morgan fingerprint density at radius 2 is 1.84 bits per heavy atom. The number of ether oxygens (including phenoxy) is 1. The summed E-state index contributed by atoms with van der Waals surface area (Å²) in [6.45, 7) is 2.35. The number of rotatable bonds is 7. The molecular weight excluding hydrogens is 539 g/mol. The zero-order valence-electron chi connectivity index (χ0n) is 17.2. The summed E-state index contributed by atoms with van der Waals surface area (Å²) in [7, 11) is 0. The van der Waals surface area contributed by atoms with Gasteiger partial charge in [-0.3, -0.25) is 4.79 Å². The minimum Gasteiger partial charge on any atom is -0.494 e. The number of halogens is 3. The van der Waals surface area contributed by atoms with Crippen molar-refractivity contribution >= 4 is 49.5 Å². The SMILES string of the molecule is CCOc1cc(/C=C(\C#N)C(=O)Nc2ccccc2F)cc(Br)c1Cc1ccccc1Br. The number of carbonyl (C=O) groups excluding carboxylic acids is 1. The van der Waals surface area contributed by atoms with E-state index in [-0.39, 0.29) is 11.3 Å². The smallest absolute Gasteiger partial charge is 0.266 e. The lowest BCUT2D eigenvalue weighted by Crippen LogP contribution is -2.14. The van der Waals surface area contributed by atoms with Gasteiger partial charge in [0.1, 0.15) is 23.2 Å². The van der Waals surface area contributed by atoms with Gasteiger partial charge in [-0.1, -0.05) is 62.2 Å². The Balaban J connectivity index is 1.93. The first kappa shape index (κ1) is 23.7. The van der Waals surface area contributed by atoms with Crippen molar-refractivity contribution in [2.75, 3.05) is 11.9 Å². The molecule has 0 spiro atoms. The minimum absolute atomic E-state index is 0.0126. The summed E-state index contributed by atoms with van der Waals surface area (Å²) in [4.78, 5) is 12.5. The first-order valence-corrected chi connectivity index (χ1v) is 11.4. The molecule has 0 aliphatic rings. The molecule has 0 saturated heterocycles. The summed E-state index contributed by atoms with van der Waals surface area (Å²) in [6.07, 6.45) is 2.08. The van der Waals surface area contributed by atoms with Crippen LogP contribution < -0.4 is 10.1 Å². The van der Waals surface area contributed by atoms with Crippen LogP contribution in [-0.4, -0.2) is 12.5 Å². The third kappa shape index (κ3) is 5.84. The van der Waals surface area contributed by atoms with Gasteiger partial charge in [0.15, 0.2) is 0 Å². The van der Waals surface area contributed by atoms with Gasteiger partial charge in [-0.2, -0.15) is 5.26 Å². The largest absolute Gasteiger partial charge is 0.494 e. The Bertz CT molecular complexity index is 1220. The van der Waals surface area contributed by atoms with Crippen molar-refractivity contribution in [2.24, 2.45) is 0 Å². The number of nitrogens with one attached hydrogen (secondary N) is 1. The molecule has 0 atom stereocenters. The predicted molar refractivity (Wildman–Crippen MR) is 131 cm³/mol. The molecule has 0 unspecified atom stereocenters. The number of hydrogen-bond acceptors (Lipinski definition) is 3. The van der Waals surface area contributed by atoms with Crippen molar-refractivity contribution < 1.29 is 13.9 Å². The summed E-state index contributed by atoms with van der Waals surface area (Å²) in [5, 5.41) is 11.9. The molecule has 0 heterocycles. The maximum Gasteiger partial charge on any atom is 0.266 e. The Morgan fingerprint density at radius 3 is 2.53 bits per heavy atom. The number of hydrogen-bond donors (Lipinski definition) is 1. The van der Waals surface area contributed by atoms with Gasteiger partial charge in [0.05, 0.1) is 12.3 Å². The summed E-state index contributed by atoms with van der Waals surface area (Å²) in [5.74, 6) is -0.615. The van der Waals surface area contributed by atoms with Crippen molar-refractivity contribution in [1.82, 2.24) is 0 Å². The quantitative estimate of drug-likeness (QED) is 0.254. The van der Waals surface area contributed by atoms with Gasteiger partial charge in [0, 0.05) is 20.9 Å². The van der Waals surface area contributed by atoms with E-state index in [1.807, 2.05) is 43.3 Å². The van der Waals surface area contributed by atoms with E-state index >= 15 is 0 Å². The van der Waals surface area contributed by atoms with Crippen LogP contribution >= 0.6 is 31.9 Å². The second kappa shape index (κ2) is 11.1. The van der Waals surface area contributed by atoms with Crippen LogP contribution in [0.5, 0.6) is 5.75 Å². The summed E-state index contributed by atoms with van der Waals surface area (Å²) in [6, 6.07) is 19.2. The van der Waals surface area contributed by atoms with Gasteiger partial charge in [-0.05, 0) is 54.5 Å². The van der Waals surface area contributed by atoms with Gasteiger partial charge < -0.3 is 10.1 Å². The van der Waals surface area contributed by atoms with Crippen molar-refractivity contribution in [1.29, 1.82) is 5.26 Å². The summed E-state index contributed by atoms with van der Waals surface area (Å²) < 4.78 is 21.5. The monoisotopic (exact) mass is 556 g/mol. The number of nitriles is 1. The summed E-state index contributed by atoms with van der Waals surface area (Å²) >= 11 is 7.18. The molecule has 0 fully saturated rings. The van der Waals surface area contributed by atoms with E-state index in [2.05, 4.69) is 37.2 Å². The summed E-state index contributed by atoms with van der Waals surface area (Å²) in [5.41, 5.74) is 2.51. The van der Waals surface area contributed by atoms with E-state index in [0.29, 0.717) is 24.3 Å². The van der Waals surface area contributed by atoms with Crippen LogP contribution in [0.3, 0.4) is 0 Å². The number of nitrogens with zero attached hydrogens (tertiary/aromatic N) is 1. The standard InChI is InChI=1S/C25H19Br2FN2O2/c1-2-32-24-13-16(12-21(27)19(24)14-17-7-3-4-8-20(17)26)11-18(15-29)25(31)30-23-10-6-5-9-22(23)28/h3-13H,2,14H2,1H3,(H,30,31)/b18-11+. The maximum absolute atomic E-state index is 13.8. The zero-order chi connectivity index (χ0) is 23.1. The third-order valence-corrected chi connectivity index (χ3v) is 6.08. The number of para-hydroxylation sites is 1. The minimum atomic E-state index is -0.691. The second-order valence-corrected chi connectivity index (χ2v) is 8.49. The van der Waals surface area contributed by atoms with Crippen molar-refractivity contribution in [3.8, 4) is 11.8 Å². The third-order valence-electron chi connectivity index (χ3n) is 4.60. The van der Waals surface area contributed by atoms with E-state index in [9.17, 15) is 14.4 Å². The van der Waals surface area contributed by atoms with Crippen molar-refractivity contribution in [2.45, 2.75) is 13.3 Å². The van der Waals surface area contributed by atoms with Gasteiger partial charge >= 0.3 is 0 Å². The fourth-order valence-electron chi connectivity index (χ4n) is 3.07. The molecule has 3 aromatic rings. The van der Waals surface area contributed by atoms with E-state index in [0.717, 1.165) is 20.1 Å². The first-order valence-electron chi connectivity index (χ1n) is 9.79. The maximum atomic E-state index is 13.8. The predicted octanol–water partition coefficient (Wildman–Crippen LogP) is 6.89. The molecule has 32 heavy (non-hydrogen) atoms. The lowest BCUT2D eigenvalue weighted by Gasteiger charge is -2.15. The van der Waals surface area contributed by atoms with Crippen molar-refractivity contribution in [3.05, 3.63) is 97.7 Å². The van der Waals surface area contributed by atoms with E-state index in [4.69, 9.17) is 4.74 Å². The molecule has 0 radical (unpaired) electrons. The van der Waals surface area contributed by atoms with Gasteiger partial charge in [-0.15, -0.1) is 0 Å². The Labute approximate surface area is 203 Å². The van der Waals surface area contributed by atoms with Crippen LogP contribution in [0.2, 0.25) is 0 Å². The molecule has 162 valence electrons. The number of amides is 1. The molecule has 0 bridgehead atoms. The average molecular weight is 558 g/mol. The number of carbonyl (C=O) groups is 1. The molecule has 1 amide bonds.